The van der Waals surface area contributed by atoms with Crippen molar-refractivity contribution in [3.05, 3.63) is 233 Å². The Kier molecular flexibility index (Phi) is 13.4. The zero-order valence-electron chi connectivity index (χ0n) is 32.7. The van der Waals surface area contributed by atoms with E-state index in [0.717, 1.165) is 67.4 Å². The Bertz CT molecular complexity index is 2330. The summed E-state index contributed by atoms with van der Waals surface area (Å²) in [7, 11) is 0. The molecule has 0 aliphatic heterocycles. The molecule has 6 heteroatoms. The van der Waals surface area contributed by atoms with Crippen molar-refractivity contribution in [2.45, 2.75) is 33.4 Å². The molecule has 0 N–H and O–H groups in total. The van der Waals surface area contributed by atoms with Gasteiger partial charge in [-0.1, -0.05) is 146 Å². The maximum absolute atomic E-state index is 7.07. The molecule has 7 rings (SSSR count). The quantitative estimate of drug-likeness (QED) is 0.0681. The Morgan fingerprint density at radius 2 is 0.914 bits per heavy atom. The second-order valence-electron chi connectivity index (χ2n) is 14.0. The molecular formula is C52H46ClN3O2. The van der Waals surface area contributed by atoms with Gasteiger partial charge in [0.2, 0.25) is 0 Å². The average Bonchev–Trinajstić information content (AvgIpc) is 3.27. The molecule has 5 nitrogen and oxygen atoms in total. The number of benzene rings is 7. The molecule has 288 valence electrons. The molecule has 0 saturated heterocycles. The van der Waals surface area contributed by atoms with Crippen LogP contribution in [0.25, 0.3) is 12.2 Å². The van der Waals surface area contributed by atoms with Gasteiger partial charge in [0.25, 0.3) is 0 Å². The molecule has 0 radical (unpaired) electrons. The van der Waals surface area contributed by atoms with Crippen LogP contribution in [0.4, 0.5) is 28.4 Å². The molecule has 7 aromatic carbocycles. The summed E-state index contributed by atoms with van der Waals surface area (Å²) in [5.41, 5.74) is 13.4. The molecule has 0 bridgehead atoms. The fourth-order valence-corrected chi connectivity index (χ4v) is 6.64. The lowest BCUT2D eigenvalue weighted by Gasteiger charge is -2.26. The van der Waals surface area contributed by atoms with E-state index < -0.39 is 0 Å². The van der Waals surface area contributed by atoms with E-state index in [1.807, 2.05) is 65.8 Å². The molecular weight excluding hydrogens is 734 g/mol. The van der Waals surface area contributed by atoms with Crippen LogP contribution in [0.5, 0.6) is 0 Å². The largest absolute Gasteiger partial charge is 0.372 e. The summed E-state index contributed by atoms with van der Waals surface area (Å²) in [5.74, 6) is 0. The number of halogens is 1. The van der Waals surface area contributed by atoms with Crippen LogP contribution in [0.15, 0.2) is 188 Å². The van der Waals surface area contributed by atoms with Gasteiger partial charge in [0.05, 0.1) is 49.0 Å². The van der Waals surface area contributed by atoms with Crippen LogP contribution in [0.1, 0.15) is 44.5 Å². The maximum Gasteiger partial charge on any atom is 0.0721 e. The van der Waals surface area contributed by atoms with Gasteiger partial charge >= 0.3 is 0 Å². The van der Waals surface area contributed by atoms with Crippen LogP contribution in [0.2, 0.25) is 5.02 Å². The van der Waals surface area contributed by atoms with Gasteiger partial charge in [0.1, 0.15) is 0 Å². The van der Waals surface area contributed by atoms with E-state index in [-0.39, 0.29) is 0 Å². The number of aryl methyl sites for hydroxylation is 1. The molecule has 0 aliphatic rings. The summed E-state index contributed by atoms with van der Waals surface area (Å²) in [6.07, 6.45) is 5.50. The predicted octanol–water partition coefficient (Wildman–Crippen LogP) is 14.0. The van der Waals surface area contributed by atoms with Crippen molar-refractivity contribution in [1.82, 2.24) is 0 Å². The van der Waals surface area contributed by atoms with Crippen LogP contribution < -0.4 is 9.91 Å². The summed E-state index contributed by atoms with van der Waals surface area (Å²) in [6.45, 7) is 11.8. The third kappa shape index (κ3) is 10.5. The first-order chi connectivity index (χ1) is 28.4. The zero-order chi connectivity index (χ0) is 40.1. The molecule has 7 aromatic rings. The van der Waals surface area contributed by atoms with Crippen LogP contribution in [-0.2, 0) is 35.9 Å². The molecule has 0 heterocycles. The average molecular weight is 780 g/mol. The highest BCUT2D eigenvalue weighted by atomic mass is 35.5. The van der Waals surface area contributed by atoms with Gasteiger partial charge < -0.3 is 14.4 Å². The lowest BCUT2D eigenvalue weighted by Crippen LogP contribution is -2.11. The zero-order valence-corrected chi connectivity index (χ0v) is 33.4. The van der Waals surface area contributed by atoms with Crippen molar-refractivity contribution in [3.63, 3.8) is 0 Å². The van der Waals surface area contributed by atoms with Crippen LogP contribution >= 0.6 is 11.6 Å². The van der Waals surface area contributed by atoms with Gasteiger partial charge in [0.15, 0.2) is 0 Å². The number of rotatable bonds is 17. The minimum atomic E-state index is 0.499. The first-order valence-corrected chi connectivity index (χ1v) is 19.7. The summed E-state index contributed by atoms with van der Waals surface area (Å²) in [6, 6.07) is 57.9. The number of nitrogens with zero attached hydrogens (tertiary/aromatic N) is 3. The molecule has 58 heavy (non-hydrogen) atoms. The van der Waals surface area contributed by atoms with Gasteiger partial charge in [-0.25, -0.2) is 5.01 Å². The molecule has 0 amide bonds. The van der Waals surface area contributed by atoms with E-state index in [0.29, 0.717) is 31.5 Å². The maximum atomic E-state index is 7.07. The second-order valence-corrected chi connectivity index (χ2v) is 14.4. The molecule has 0 aliphatic carbocycles. The highest BCUT2D eigenvalue weighted by Crippen LogP contribution is 2.37. The van der Waals surface area contributed by atoms with Crippen LogP contribution in [0, 0.1) is 6.92 Å². The molecule has 0 unspecified atom stereocenters. The van der Waals surface area contributed by atoms with Crippen molar-refractivity contribution in [1.29, 1.82) is 0 Å². The van der Waals surface area contributed by atoms with Crippen molar-refractivity contribution >= 4 is 58.4 Å². The first kappa shape index (κ1) is 39.7. The van der Waals surface area contributed by atoms with E-state index in [1.54, 1.807) is 0 Å². The van der Waals surface area contributed by atoms with Crippen LogP contribution in [0.3, 0.4) is 0 Å². The van der Waals surface area contributed by atoms with Gasteiger partial charge in [-0.3, -0.25) is 0 Å². The molecule has 0 fully saturated rings. The first-order valence-electron chi connectivity index (χ1n) is 19.3. The van der Waals surface area contributed by atoms with Crippen LogP contribution in [-0.4, -0.2) is 6.21 Å². The van der Waals surface area contributed by atoms with Gasteiger partial charge in [0, 0.05) is 22.6 Å². The highest BCUT2D eigenvalue weighted by molar-refractivity contribution is 6.33. The smallest absolute Gasteiger partial charge is 0.0721 e. The van der Waals surface area contributed by atoms with E-state index in [2.05, 4.69) is 152 Å². The third-order valence-electron chi connectivity index (χ3n) is 9.73. The minimum Gasteiger partial charge on any atom is -0.372 e. The minimum absolute atomic E-state index is 0.499. The number of hydrogen-bond acceptors (Lipinski definition) is 5. The number of hydrogen-bond donors (Lipinski definition) is 0. The number of anilines is 5. The SMILES string of the molecule is C=Cc1ccc(COCc2ccc(N(c3ccc(COCc4ccc(C=C)cc4)cc3)c3ccc(C=NN(c4ccccc4)c4ccc(C)cc4)c(Cl)c3)cc2)cc1. The van der Waals surface area contributed by atoms with Crippen molar-refractivity contribution in [2.75, 3.05) is 9.91 Å². The molecule has 0 atom stereocenters. The van der Waals surface area contributed by atoms with E-state index in [4.69, 9.17) is 26.2 Å². The Morgan fingerprint density at radius 3 is 1.36 bits per heavy atom. The summed E-state index contributed by atoms with van der Waals surface area (Å²) >= 11 is 7.07. The monoisotopic (exact) mass is 779 g/mol. The highest BCUT2D eigenvalue weighted by Gasteiger charge is 2.15. The summed E-state index contributed by atoms with van der Waals surface area (Å²) in [5, 5.41) is 7.42. The van der Waals surface area contributed by atoms with Crippen molar-refractivity contribution < 1.29 is 9.47 Å². The molecule has 0 aromatic heterocycles. The number of hydrazone groups is 1. The molecule has 0 spiro atoms. The van der Waals surface area contributed by atoms with E-state index >= 15 is 0 Å². The Morgan fingerprint density at radius 1 is 0.500 bits per heavy atom. The topological polar surface area (TPSA) is 37.3 Å². The summed E-state index contributed by atoms with van der Waals surface area (Å²) in [4.78, 5) is 2.20. The Hall–Kier alpha value is -6.50. The number of ether oxygens (including phenoxy) is 2. The Labute approximate surface area is 347 Å². The molecule has 0 saturated carbocycles. The lowest BCUT2D eigenvalue weighted by molar-refractivity contribution is 0.107. The fourth-order valence-electron chi connectivity index (χ4n) is 6.42. The fraction of sp³-hybridized carbons (Fsp3) is 0.0962. The van der Waals surface area contributed by atoms with Crippen molar-refractivity contribution in [3.8, 4) is 0 Å². The van der Waals surface area contributed by atoms with Gasteiger partial charge in [-0.2, -0.15) is 5.10 Å². The second kappa shape index (κ2) is 19.6. The normalized spacial score (nSPS) is 11.1. The van der Waals surface area contributed by atoms with E-state index in [1.165, 1.54) is 5.56 Å². The third-order valence-corrected chi connectivity index (χ3v) is 10.1. The summed E-state index contributed by atoms with van der Waals surface area (Å²) < 4.78 is 12.1. The standard InChI is InChI=1S/C52H46ClN3O2/c1-4-40-13-17-42(18-14-40)35-57-37-44-21-28-47(29-22-44)55(48-30-23-45(24-31-48)38-58-36-43-19-15-41(5-2)16-20-43)51-32-25-46(52(53)33-51)34-54-56(49-9-7-6-8-10-49)50-26-11-39(3)12-27-50/h4-34H,1-2,35-38H2,3H3. The van der Waals surface area contributed by atoms with Gasteiger partial charge in [-0.15, -0.1) is 0 Å². The van der Waals surface area contributed by atoms with Gasteiger partial charge in [-0.05, 0) is 107 Å². The Balaban J connectivity index is 1.11. The van der Waals surface area contributed by atoms with E-state index in [9.17, 15) is 0 Å². The predicted molar refractivity (Wildman–Crippen MR) is 244 cm³/mol. The number of para-hydroxylation sites is 1. The van der Waals surface area contributed by atoms with Crippen molar-refractivity contribution in [2.24, 2.45) is 5.10 Å². The lowest BCUT2D eigenvalue weighted by atomic mass is 10.1.